The number of nitrogens with zero attached hydrogens (tertiary/aromatic N) is 3. The number of likely N-dealkylation sites (tertiary alicyclic amines) is 1. The molecular formula is C14H14FN3O2. The molecule has 0 saturated carbocycles. The van der Waals surface area contributed by atoms with Crippen LogP contribution in [0.25, 0.3) is 11.3 Å². The minimum absolute atomic E-state index is 0.0522. The zero-order valence-corrected chi connectivity index (χ0v) is 10.8. The normalized spacial score (nSPS) is 18.4. The molecule has 20 heavy (non-hydrogen) atoms. The Kier molecular flexibility index (Phi) is 3.45. The van der Waals surface area contributed by atoms with E-state index < -0.39 is 0 Å². The second-order valence-corrected chi connectivity index (χ2v) is 4.88. The predicted molar refractivity (Wildman–Crippen MR) is 69.7 cm³/mol. The summed E-state index contributed by atoms with van der Waals surface area (Å²) >= 11 is 0. The molecular weight excluding hydrogens is 261 g/mol. The van der Waals surface area contributed by atoms with Gasteiger partial charge in [-0.1, -0.05) is 5.16 Å². The molecule has 1 amide bonds. The van der Waals surface area contributed by atoms with Gasteiger partial charge in [0.2, 0.25) is 0 Å². The van der Waals surface area contributed by atoms with E-state index >= 15 is 0 Å². The van der Waals surface area contributed by atoms with Crippen molar-refractivity contribution in [2.75, 3.05) is 19.8 Å². The van der Waals surface area contributed by atoms with E-state index in [0.717, 1.165) is 5.56 Å². The van der Waals surface area contributed by atoms with Gasteiger partial charge in [-0.15, -0.1) is 0 Å². The Balaban J connectivity index is 1.76. The highest BCUT2D eigenvalue weighted by molar-refractivity contribution is 5.93. The summed E-state index contributed by atoms with van der Waals surface area (Å²) in [7, 11) is 0. The molecule has 1 saturated heterocycles. The number of carbonyl (C=O) groups excluding carboxylic acids is 1. The minimum Gasteiger partial charge on any atom is -0.355 e. The summed E-state index contributed by atoms with van der Waals surface area (Å²) in [5, 5.41) is 3.80. The van der Waals surface area contributed by atoms with Gasteiger partial charge in [0, 0.05) is 43.0 Å². The van der Waals surface area contributed by atoms with Crippen LogP contribution in [0.15, 0.2) is 35.1 Å². The fourth-order valence-electron chi connectivity index (χ4n) is 2.33. The first-order valence-electron chi connectivity index (χ1n) is 6.50. The highest BCUT2D eigenvalue weighted by Crippen LogP contribution is 2.22. The average Bonchev–Trinajstić information content (AvgIpc) is 3.17. The molecule has 2 aromatic rings. The summed E-state index contributed by atoms with van der Waals surface area (Å²) in [4.78, 5) is 17.8. The van der Waals surface area contributed by atoms with Gasteiger partial charge >= 0.3 is 0 Å². The molecule has 1 aliphatic heterocycles. The molecule has 3 rings (SSSR count). The molecule has 6 heteroatoms. The summed E-state index contributed by atoms with van der Waals surface area (Å²) < 4.78 is 17.8. The number of amides is 1. The average molecular weight is 275 g/mol. The van der Waals surface area contributed by atoms with Crippen LogP contribution in [0, 0.1) is 5.92 Å². The van der Waals surface area contributed by atoms with E-state index in [1.807, 2.05) is 6.07 Å². The molecule has 1 unspecified atom stereocenters. The summed E-state index contributed by atoms with van der Waals surface area (Å²) in [5.74, 6) is 0.242. The quantitative estimate of drug-likeness (QED) is 0.861. The first-order chi connectivity index (χ1) is 9.78. The number of aromatic nitrogens is 2. The van der Waals surface area contributed by atoms with E-state index in [1.165, 1.54) is 0 Å². The van der Waals surface area contributed by atoms with Gasteiger partial charge in [-0.2, -0.15) is 0 Å². The molecule has 0 bridgehead atoms. The first kappa shape index (κ1) is 12.8. The molecule has 0 spiro atoms. The van der Waals surface area contributed by atoms with Crippen LogP contribution < -0.4 is 0 Å². The van der Waals surface area contributed by atoms with Crippen molar-refractivity contribution in [3.05, 3.63) is 36.3 Å². The van der Waals surface area contributed by atoms with Crippen molar-refractivity contribution >= 4 is 5.91 Å². The van der Waals surface area contributed by atoms with Crippen molar-refractivity contribution in [3.63, 3.8) is 0 Å². The van der Waals surface area contributed by atoms with Gasteiger partial charge in [0.25, 0.3) is 5.91 Å². The van der Waals surface area contributed by atoms with Gasteiger partial charge in [-0.3, -0.25) is 14.2 Å². The lowest BCUT2D eigenvalue weighted by atomic mass is 10.1. The smallest absolute Gasteiger partial charge is 0.276 e. The Morgan fingerprint density at radius 1 is 1.55 bits per heavy atom. The number of hydrogen-bond donors (Lipinski definition) is 0. The molecule has 0 radical (unpaired) electrons. The van der Waals surface area contributed by atoms with Crippen molar-refractivity contribution in [2.45, 2.75) is 6.42 Å². The lowest BCUT2D eigenvalue weighted by Gasteiger charge is -2.13. The van der Waals surface area contributed by atoms with Crippen LogP contribution >= 0.6 is 0 Å². The molecule has 104 valence electrons. The maximum atomic E-state index is 12.6. The lowest BCUT2D eigenvalue weighted by Crippen LogP contribution is -2.29. The maximum Gasteiger partial charge on any atom is 0.276 e. The monoisotopic (exact) mass is 275 g/mol. The van der Waals surface area contributed by atoms with Gasteiger partial charge in [-0.25, -0.2) is 0 Å². The number of hydrogen-bond acceptors (Lipinski definition) is 4. The van der Waals surface area contributed by atoms with E-state index in [4.69, 9.17) is 4.52 Å². The van der Waals surface area contributed by atoms with Crippen LogP contribution in [0.1, 0.15) is 16.9 Å². The Hall–Kier alpha value is -2.24. The van der Waals surface area contributed by atoms with Gasteiger partial charge in [-0.05, 0) is 18.6 Å². The highest BCUT2D eigenvalue weighted by Gasteiger charge is 2.28. The molecule has 0 aliphatic carbocycles. The third-order valence-electron chi connectivity index (χ3n) is 3.47. The van der Waals surface area contributed by atoms with Crippen molar-refractivity contribution in [3.8, 4) is 11.3 Å². The highest BCUT2D eigenvalue weighted by atomic mass is 19.1. The van der Waals surface area contributed by atoms with E-state index in [2.05, 4.69) is 10.1 Å². The van der Waals surface area contributed by atoms with Gasteiger partial charge < -0.3 is 9.42 Å². The molecule has 1 fully saturated rings. The van der Waals surface area contributed by atoms with Crippen LogP contribution in [0.5, 0.6) is 0 Å². The van der Waals surface area contributed by atoms with E-state index in [1.54, 1.807) is 29.4 Å². The Bertz CT molecular complexity index is 599. The number of carbonyl (C=O) groups is 1. The van der Waals surface area contributed by atoms with E-state index in [0.29, 0.717) is 25.3 Å². The fraction of sp³-hybridized carbons (Fsp3) is 0.357. The van der Waals surface area contributed by atoms with Crippen LogP contribution in [0.4, 0.5) is 4.39 Å². The van der Waals surface area contributed by atoms with Gasteiger partial charge in [0.1, 0.15) is 0 Å². The van der Waals surface area contributed by atoms with Crippen molar-refractivity contribution in [1.29, 1.82) is 0 Å². The topological polar surface area (TPSA) is 59.2 Å². The number of alkyl halides is 1. The third-order valence-corrected chi connectivity index (χ3v) is 3.47. The zero-order valence-electron chi connectivity index (χ0n) is 10.8. The maximum absolute atomic E-state index is 12.6. The predicted octanol–water partition coefficient (Wildman–Crippen LogP) is 2.17. The number of halogens is 1. The summed E-state index contributed by atoms with van der Waals surface area (Å²) in [6, 6.07) is 5.21. The Labute approximate surface area is 115 Å². The van der Waals surface area contributed by atoms with Gasteiger partial charge in [0.15, 0.2) is 11.5 Å². The van der Waals surface area contributed by atoms with Crippen molar-refractivity contribution < 1.29 is 13.7 Å². The third kappa shape index (κ3) is 2.41. The minimum atomic E-state index is -0.385. The second kappa shape index (κ2) is 5.40. The second-order valence-electron chi connectivity index (χ2n) is 4.88. The molecule has 5 nitrogen and oxygen atoms in total. The molecule has 2 aromatic heterocycles. The largest absolute Gasteiger partial charge is 0.355 e. The van der Waals surface area contributed by atoms with Crippen LogP contribution in [-0.2, 0) is 0 Å². The molecule has 0 N–H and O–H groups in total. The Morgan fingerprint density at radius 2 is 2.45 bits per heavy atom. The summed E-state index contributed by atoms with van der Waals surface area (Å²) in [6.07, 6.45) is 4.01. The van der Waals surface area contributed by atoms with E-state index in [-0.39, 0.29) is 24.2 Å². The molecule has 1 atom stereocenters. The Morgan fingerprint density at radius 3 is 3.15 bits per heavy atom. The number of pyridine rings is 1. The zero-order chi connectivity index (χ0) is 13.9. The lowest BCUT2D eigenvalue weighted by molar-refractivity contribution is 0.0775. The van der Waals surface area contributed by atoms with Crippen molar-refractivity contribution in [2.24, 2.45) is 5.92 Å². The summed E-state index contributed by atoms with van der Waals surface area (Å²) in [6.45, 7) is 0.635. The number of rotatable bonds is 3. The fourth-order valence-corrected chi connectivity index (χ4v) is 2.33. The molecule has 3 heterocycles. The molecule has 1 aliphatic rings. The van der Waals surface area contributed by atoms with Crippen LogP contribution in [-0.4, -0.2) is 40.7 Å². The van der Waals surface area contributed by atoms with E-state index in [9.17, 15) is 9.18 Å². The first-order valence-corrected chi connectivity index (χ1v) is 6.50. The van der Waals surface area contributed by atoms with Gasteiger partial charge in [0.05, 0.1) is 6.67 Å². The SMILES string of the molecule is O=C(c1cc(-c2cccnc2)on1)N1CCC(CF)C1. The van der Waals surface area contributed by atoms with Crippen LogP contribution in [0.2, 0.25) is 0 Å². The summed E-state index contributed by atoms with van der Waals surface area (Å²) in [5.41, 5.74) is 1.02. The standard InChI is InChI=1S/C14H14FN3O2/c15-7-10-3-5-18(9-10)14(19)12-6-13(20-17-12)11-2-1-4-16-8-11/h1-2,4,6,8,10H,3,5,7,9H2. The molecule has 0 aromatic carbocycles. The van der Waals surface area contributed by atoms with Crippen molar-refractivity contribution in [1.82, 2.24) is 15.0 Å². The van der Waals surface area contributed by atoms with Crippen LogP contribution in [0.3, 0.4) is 0 Å².